The van der Waals surface area contributed by atoms with E-state index in [2.05, 4.69) is 6.07 Å². The van der Waals surface area contributed by atoms with Crippen molar-refractivity contribution in [3.63, 3.8) is 0 Å². The molecule has 112 valence electrons. The number of rotatable bonds is 2. The highest BCUT2D eigenvalue weighted by atomic mass is 16.4. The summed E-state index contributed by atoms with van der Waals surface area (Å²) in [6, 6.07) is 9.92. The molecular formula is C18H16O4. The minimum Gasteiger partial charge on any atom is -0.481 e. The fraction of sp³-hybridized carbons (Fsp3) is 0.333. The van der Waals surface area contributed by atoms with Crippen LogP contribution in [0.2, 0.25) is 0 Å². The third-order valence-corrected chi connectivity index (χ3v) is 5.24. The summed E-state index contributed by atoms with van der Waals surface area (Å²) in [5.41, 5.74) is 3.04. The predicted octanol–water partition coefficient (Wildman–Crippen LogP) is 3.14. The first-order chi connectivity index (χ1) is 10.6. The Labute approximate surface area is 127 Å². The van der Waals surface area contributed by atoms with Gasteiger partial charge in [0.25, 0.3) is 0 Å². The van der Waals surface area contributed by atoms with Gasteiger partial charge in [0.1, 0.15) is 0 Å². The first-order valence-electron chi connectivity index (χ1n) is 7.58. The second kappa shape index (κ2) is 4.57. The summed E-state index contributed by atoms with van der Waals surface area (Å²) in [7, 11) is 0. The fourth-order valence-electron chi connectivity index (χ4n) is 4.34. The van der Waals surface area contributed by atoms with E-state index in [1.807, 2.05) is 24.3 Å². The smallest absolute Gasteiger partial charge is 0.311 e. The van der Waals surface area contributed by atoms with E-state index < -0.39 is 23.8 Å². The molecule has 0 saturated heterocycles. The highest BCUT2D eigenvalue weighted by Gasteiger charge is 2.44. The molecule has 0 aromatic heterocycles. The minimum absolute atomic E-state index is 0.158. The Hall–Kier alpha value is -2.36. The van der Waals surface area contributed by atoms with Crippen molar-refractivity contribution >= 4 is 22.7 Å². The van der Waals surface area contributed by atoms with Crippen molar-refractivity contribution in [2.75, 3.05) is 0 Å². The Morgan fingerprint density at radius 3 is 2.59 bits per heavy atom. The normalized spacial score (nSPS) is 25.9. The first-order valence-corrected chi connectivity index (χ1v) is 7.58. The molecule has 0 radical (unpaired) electrons. The molecule has 0 aliphatic heterocycles. The molecule has 0 saturated carbocycles. The van der Waals surface area contributed by atoms with E-state index in [0.717, 1.165) is 29.2 Å². The quantitative estimate of drug-likeness (QED) is 0.892. The molecule has 0 bridgehead atoms. The number of carboxylic acids is 2. The Morgan fingerprint density at radius 2 is 1.86 bits per heavy atom. The van der Waals surface area contributed by atoms with Gasteiger partial charge >= 0.3 is 11.9 Å². The van der Waals surface area contributed by atoms with Crippen LogP contribution in [0.5, 0.6) is 0 Å². The summed E-state index contributed by atoms with van der Waals surface area (Å²) in [5.74, 6) is -3.66. The molecule has 3 unspecified atom stereocenters. The Kier molecular flexibility index (Phi) is 2.76. The maximum Gasteiger partial charge on any atom is 0.311 e. The lowest BCUT2D eigenvalue weighted by Gasteiger charge is -2.37. The fourth-order valence-corrected chi connectivity index (χ4v) is 4.34. The van der Waals surface area contributed by atoms with E-state index in [9.17, 15) is 19.8 Å². The molecule has 4 nitrogen and oxygen atoms in total. The largest absolute Gasteiger partial charge is 0.481 e. The zero-order chi connectivity index (χ0) is 15.4. The molecule has 0 fully saturated rings. The summed E-state index contributed by atoms with van der Waals surface area (Å²) >= 11 is 0. The van der Waals surface area contributed by atoms with Crippen LogP contribution < -0.4 is 0 Å². The van der Waals surface area contributed by atoms with Gasteiger partial charge in [-0.15, -0.1) is 0 Å². The topological polar surface area (TPSA) is 74.6 Å². The number of aliphatic carboxylic acids is 2. The van der Waals surface area contributed by atoms with Crippen LogP contribution in [0.3, 0.4) is 0 Å². The SMILES string of the molecule is O=C(O)C1CC2CCc3cccc4ccc(c2c34)C1C(=O)O. The van der Waals surface area contributed by atoms with Gasteiger partial charge in [-0.1, -0.05) is 30.3 Å². The van der Waals surface area contributed by atoms with Crippen LogP contribution in [0.25, 0.3) is 10.8 Å². The van der Waals surface area contributed by atoms with Crippen LogP contribution in [0.4, 0.5) is 0 Å². The zero-order valence-corrected chi connectivity index (χ0v) is 12.0. The summed E-state index contributed by atoms with van der Waals surface area (Å²) < 4.78 is 0. The number of carboxylic acid groups (broad SMARTS) is 2. The van der Waals surface area contributed by atoms with Crippen LogP contribution in [0, 0.1) is 5.92 Å². The van der Waals surface area contributed by atoms with Gasteiger partial charge in [0, 0.05) is 0 Å². The summed E-state index contributed by atoms with van der Waals surface area (Å²) in [4.78, 5) is 23.3. The molecule has 3 atom stereocenters. The lowest BCUT2D eigenvalue weighted by atomic mass is 9.65. The second-order valence-electron chi connectivity index (χ2n) is 6.32. The van der Waals surface area contributed by atoms with Crippen LogP contribution in [-0.4, -0.2) is 22.2 Å². The van der Waals surface area contributed by atoms with Gasteiger partial charge < -0.3 is 10.2 Å². The van der Waals surface area contributed by atoms with Gasteiger partial charge in [0.05, 0.1) is 11.8 Å². The molecule has 2 aliphatic rings. The van der Waals surface area contributed by atoms with Gasteiger partial charge in [0.2, 0.25) is 0 Å². The standard InChI is InChI=1S/C18H16O4/c19-17(20)13-8-11-5-4-9-2-1-3-10-6-7-12(15(11)14(9)10)16(13)18(21)22/h1-3,6-7,11,13,16H,4-5,8H2,(H,19,20)(H,21,22). The predicted molar refractivity (Wildman–Crippen MR) is 81.1 cm³/mol. The molecule has 22 heavy (non-hydrogen) atoms. The maximum atomic E-state index is 11.7. The lowest BCUT2D eigenvalue weighted by molar-refractivity contribution is -0.151. The van der Waals surface area contributed by atoms with Crippen molar-refractivity contribution in [2.24, 2.45) is 5.92 Å². The summed E-state index contributed by atoms with van der Waals surface area (Å²) in [6.07, 6.45) is 2.26. The number of aryl methyl sites for hydroxylation is 1. The number of hydrogen-bond acceptors (Lipinski definition) is 2. The monoisotopic (exact) mass is 296 g/mol. The van der Waals surface area contributed by atoms with E-state index in [-0.39, 0.29) is 5.92 Å². The molecule has 4 heteroatoms. The first kappa shape index (κ1) is 13.3. The molecule has 2 N–H and O–H groups in total. The average Bonchev–Trinajstić information content (AvgIpc) is 2.51. The van der Waals surface area contributed by atoms with Crippen molar-refractivity contribution in [3.05, 3.63) is 47.0 Å². The van der Waals surface area contributed by atoms with Gasteiger partial charge in [-0.25, -0.2) is 0 Å². The Bertz CT molecular complexity index is 808. The van der Waals surface area contributed by atoms with Gasteiger partial charge in [-0.05, 0) is 52.6 Å². The third kappa shape index (κ3) is 1.70. The summed E-state index contributed by atoms with van der Waals surface area (Å²) in [5, 5.41) is 21.3. The molecular weight excluding hydrogens is 280 g/mol. The lowest BCUT2D eigenvalue weighted by Crippen LogP contribution is -2.35. The van der Waals surface area contributed by atoms with Crippen molar-refractivity contribution in [2.45, 2.75) is 31.1 Å². The molecule has 0 heterocycles. The van der Waals surface area contributed by atoms with Gasteiger partial charge in [-0.3, -0.25) is 9.59 Å². The number of benzene rings is 2. The van der Waals surface area contributed by atoms with E-state index in [0.29, 0.717) is 12.0 Å². The van der Waals surface area contributed by atoms with Crippen LogP contribution >= 0.6 is 0 Å². The van der Waals surface area contributed by atoms with Gasteiger partial charge in [0.15, 0.2) is 0 Å². The highest BCUT2D eigenvalue weighted by molar-refractivity contribution is 5.95. The van der Waals surface area contributed by atoms with Crippen molar-refractivity contribution in [1.82, 2.24) is 0 Å². The number of hydrogen-bond donors (Lipinski definition) is 2. The molecule has 2 aromatic carbocycles. The molecule has 2 aliphatic carbocycles. The highest BCUT2D eigenvalue weighted by Crippen LogP contribution is 2.50. The summed E-state index contributed by atoms with van der Waals surface area (Å²) in [6.45, 7) is 0. The van der Waals surface area contributed by atoms with Crippen molar-refractivity contribution < 1.29 is 19.8 Å². The van der Waals surface area contributed by atoms with Gasteiger partial charge in [-0.2, -0.15) is 0 Å². The molecule has 4 rings (SSSR count). The third-order valence-electron chi connectivity index (χ3n) is 5.24. The average molecular weight is 296 g/mol. The minimum atomic E-state index is -1.04. The van der Waals surface area contributed by atoms with Crippen LogP contribution in [-0.2, 0) is 16.0 Å². The molecule has 2 aromatic rings. The maximum absolute atomic E-state index is 11.7. The van der Waals surface area contributed by atoms with Crippen LogP contribution in [0.1, 0.15) is 41.4 Å². The zero-order valence-electron chi connectivity index (χ0n) is 12.0. The second-order valence-corrected chi connectivity index (χ2v) is 6.32. The van der Waals surface area contributed by atoms with E-state index in [4.69, 9.17) is 0 Å². The van der Waals surface area contributed by atoms with E-state index in [1.165, 1.54) is 5.56 Å². The van der Waals surface area contributed by atoms with E-state index in [1.54, 1.807) is 0 Å². The Morgan fingerprint density at radius 1 is 1.05 bits per heavy atom. The molecule has 0 amide bonds. The van der Waals surface area contributed by atoms with Crippen molar-refractivity contribution in [1.29, 1.82) is 0 Å². The van der Waals surface area contributed by atoms with Crippen LogP contribution in [0.15, 0.2) is 30.3 Å². The number of carbonyl (C=O) groups is 2. The van der Waals surface area contributed by atoms with Crippen molar-refractivity contribution in [3.8, 4) is 0 Å². The molecule has 0 spiro atoms. The van der Waals surface area contributed by atoms with E-state index >= 15 is 0 Å². The Balaban J connectivity index is 2.04.